The summed E-state index contributed by atoms with van der Waals surface area (Å²) in [5.74, 6) is -0.160. The van der Waals surface area contributed by atoms with Gasteiger partial charge < -0.3 is 10.6 Å². The van der Waals surface area contributed by atoms with Crippen LogP contribution in [-0.2, 0) is 0 Å². The predicted octanol–water partition coefficient (Wildman–Crippen LogP) is 3.51. The highest BCUT2D eigenvalue weighted by Crippen LogP contribution is 2.31. The van der Waals surface area contributed by atoms with Gasteiger partial charge in [0.25, 0.3) is 5.91 Å². The van der Waals surface area contributed by atoms with Crippen molar-refractivity contribution in [3.8, 4) is 28.5 Å². The van der Waals surface area contributed by atoms with Crippen LogP contribution in [0.5, 0.6) is 0 Å². The molecule has 1 aromatic carbocycles. The van der Waals surface area contributed by atoms with Gasteiger partial charge in [-0.25, -0.2) is 0 Å². The van der Waals surface area contributed by atoms with Gasteiger partial charge in [-0.3, -0.25) is 19.7 Å². The van der Waals surface area contributed by atoms with Crippen LogP contribution in [0.2, 0.25) is 0 Å². The molecule has 0 aliphatic heterocycles. The van der Waals surface area contributed by atoms with Crippen LogP contribution in [0.3, 0.4) is 0 Å². The predicted molar refractivity (Wildman–Crippen MR) is 115 cm³/mol. The normalized spacial score (nSPS) is 10.6. The summed E-state index contributed by atoms with van der Waals surface area (Å²) >= 11 is 0. The first-order valence-corrected chi connectivity index (χ1v) is 9.20. The number of nitrogen functional groups attached to an aromatic ring is 1. The van der Waals surface area contributed by atoms with Crippen LogP contribution in [0.25, 0.3) is 33.3 Å². The van der Waals surface area contributed by atoms with Crippen molar-refractivity contribution in [2.24, 2.45) is 0 Å². The SMILES string of the molecule is CN(C)C(=O)c1cnc(-c2cncc(-c3ccnc4cc(C#N)ccc34)c2)c(N)c1. The number of carbonyl (C=O) groups is 1. The molecule has 7 heteroatoms. The molecule has 0 aliphatic rings. The number of hydrogen-bond acceptors (Lipinski definition) is 6. The first-order chi connectivity index (χ1) is 14.5. The first-order valence-electron chi connectivity index (χ1n) is 9.20. The fourth-order valence-corrected chi connectivity index (χ4v) is 3.28. The maximum Gasteiger partial charge on any atom is 0.254 e. The fourth-order valence-electron chi connectivity index (χ4n) is 3.28. The van der Waals surface area contributed by atoms with Crippen molar-refractivity contribution in [1.82, 2.24) is 19.9 Å². The Kier molecular flexibility index (Phi) is 4.82. The molecule has 0 fully saturated rings. The number of hydrogen-bond donors (Lipinski definition) is 1. The first kappa shape index (κ1) is 19.0. The minimum Gasteiger partial charge on any atom is -0.397 e. The van der Waals surface area contributed by atoms with Gasteiger partial charge in [0.15, 0.2) is 0 Å². The number of nitrogens with zero attached hydrogens (tertiary/aromatic N) is 5. The zero-order valence-corrected chi connectivity index (χ0v) is 16.5. The molecule has 3 aromatic heterocycles. The maximum absolute atomic E-state index is 12.1. The van der Waals surface area contributed by atoms with Crippen LogP contribution in [-0.4, -0.2) is 39.9 Å². The Morgan fingerprint density at radius 3 is 2.57 bits per heavy atom. The van der Waals surface area contributed by atoms with Gasteiger partial charge in [0.2, 0.25) is 0 Å². The lowest BCUT2D eigenvalue weighted by molar-refractivity contribution is 0.0827. The van der Waals surface area contributed by atoms with E-state index in [0.29, 0.717) is 22.5 Å². The highest BCUT2D eigenvalue weighted by molar-refractivity contribution is 5.97. The van der Waals surface area contributed by atoms with Crippen LogP contribution in [0.15, 0.2) is 61.2 Å². The summed E-state index contributed by atoms with van der Waals surface area (Å²) in [6.45, 7) is 0. The number of nitrogens with two attached hydrogens (primary N) is 1. The zero-order valence-electron chi connectivity index (χ0n) is 16.5. The average molecular weight is 394 g/mol. The molecule has 3 heterocycles. The molecule has 30 heavy (non-hydrogen) atoms. The Bertz CT molecular complexity index is 1320. The number of rotatable bonds is 3. The van der Waals surface area contributed by atoms with E-state index in [2.05, 4.69) is 21.0 Å². The molecule has 0 saturated carbocycles. The van der Waals surface area contributed by atoms with E-state index in [1.807, 2.05) is 18.2 Å². The van der Waals surface area contributed by atoms with Crippen LogP contribution in [0.4, 0.5) is 5.69 Å². The van der Waals surface area contributed by atoms with Crippen molar-refractivity contribution < 1.29 is 4.79 Å². The molecule has 0 spiro atoms. The van der Waals surface area contributed by atoms with Gasteiger partial charge in [0.1, 0.15) is 0 Å². The summed E-state index contributed by atoms with van der Waals surface area (Å²) < 4.78 is 0. The fraction of sp³-hybridized carbons (Fsp3) is 0.0870. The smallest absolute Gasteiger partial charge is 0.254 e. The molecule has 1 amide bonds. The average Bonchev–Trinajstić information content (AvgIpc) is 2.77. The third-order valence-electron chi connectivity index (χ3n) is 4.76. The third-order valence-corrected chi connectivity index (χ3v) is 4.76. The second kappa shape index (κ2) is 7.60. The molecule has 146 valence electrons. The summed E-state index contributed by atoms with van der Waals surface area (Å²) in [5.41, 5.74) is 11.4. The summed E-state index contributed by atoms with van der Waals surface area (Å²) in [6, 6.07) is 13.0. The van der Waals surface area contributed by atoms with E-state index in [1.54, 1.807) is 50.9 Å². The standard InChI is InChI=1S/C23H18N6O/c1-29(2)23(30)17-9-20(25)22(28-13-17)16-8-15(11-26-12-16)18-5-6-27-21-7-14(10-24)3-4-19(18)21/h3-9,11-13H,25H2,1-2H3. The molecule has 4 aromatic rings. The van der Waals surface area contributed by atoms with E-state index in [0.717, 1.165) is 27.6 Å². The Morgan fingerprint density at radius 2 is 1.83 bits per heavy atom. The summed E-state index contributed by atoms with van der Waals surface area (Å²) in [4.78, 5) is 26.8. The van der Waals surface area contributed by atoms with E-state index in [1.165, 1.54) is 11.1 Å². The van der Waals surface area contributed by atoms with Crippen molar-refractivity contribution in [3.05, 3.63) is 72.3 Å². The second-order valence-electron chi connectivity index (χ2n) is 7.03. The van der Waals surface area contributed by atoms with Gasteiger partial charge in [0, 0.05) is 55.4 Å². The molecule has 0 aliphatic carbocycles. The van der Waals surface area contributed by atoms with E-state index in [4.69, 9.17) is 11.0 Å². The number of aromatic nitrogens is 3. The molecule has 0 atom stereocenters. The molecular weight excluding hydrogens is 376 g/mol. The number of amides is 1. The molecule has 0 bridgehead atoms. The van der Waals surface area contributed by atoms with Crippen molar-refractivity contribution in [1.29, 1.82) is 5.26 Å². The van der Waals surface area contributed by atoms with Gasteiger partial charge in [-0.15, -0.1) is 0 Å². The molecule has 7 nitrogen and oxygen atoms in total. The van der Waals surface area contributed by atoms with Crippen molar-refractivity contribution in [3.63, 3.8) is 0 Å². The largest absolute Gasteiger partial charge is 0.397 e. The quantitative estimate of drug-likeness (QED) is 0.569. The maximum atomic E-state index is 12.1. The van der Waals surface area contributed by atoms with Crippen molar-refractivity contribution >= 4 is 22.5 Å². The van der Waals surface area contributed by atoms with Crippen LogP contribution in [0, 0.1) is 11.3 Å². The number of benzene rings is 1. The Balaban J connectivity index is 1.79. The van der Waals surface area contributed by atoms with Gasteiger partial charge in [-0.05, 0) is 35.9 Å². The molecule has 0 unspecified atom stereocenters. The number of pyridine rings is 3. The summed E-state index contributed by atoms with van der Waals surface area (Å²) in [5, 5.41) is 10.0. The van der Waals surface area contributed by atoms with Gasteiger partial charge in [-0.2, -0.15) is 5.26 Å². The third kappa shape index (κ3) is 3.42. The number of nitriles is 1. The molecule has 0 radical (unpaired) electrons. The van der Waals surface area contributed by atoms with Gasteiger partial charge in [-0.1, -0.05) is 6.07 Å². The minimum atomic E-state index is -0.160. The molecule has 4 rings (SSSR count). The second-order valence-corrected chi connectivity index (χ2v) is 7.03. The van der Waals surface area contributed by atoms with Crippen LogP contribution < -0.4 is 5.73 Å². The van der Waals surface area contributed by atoms with Crippen molar-refractivity contribution in [2.75, 3.05) is 19.8 Å². The Morgan fingerprint density at radius 1 is 1.03 bits per heavy atom. The number of fused-ring (bicyclic) bond motifs is 1. The zero-order chi connectivity index (χ0) is 21.3. The highest BCUT2D eigenvalue weighted by Gasteiger charge is 2.14. The van der Waals surface area contributed by atoms with E-state index >= 15 is 0 Å². The topological polar surface area (TPSA) is 109 Å². The number of carbonyl (C=O) groups excluding carboxylic acids is 1. The highest BCUT2D eigenvalue weighted by atomic mass is 16.2. The molecule has 2 N–H and O–H groups in total. The van der Waals surface area contributed by atoms with E-state index < -0.39 is 0 Å². The minimum absolute atomic E-state index is 0.160. The monoisotopic (exact) mass is 394 g/mol. The number of anilines is 1. The molecular formula is C23H18N6O. The lowest BCUT2D eigenvalue weighted by atomic mass is 9.99. The Hall–Kier alpha value is -4.31. The van der Waals surface area contributed by atoms with Gasteiger partial charge >= 0.3 is 0 Å². The Labute approximate surface area is 173 Å². The van der Waals surface area contributed by atoms with Crippen molar-refractivity contribution in [2.45, 2.75) is 0 Å². The van der Waals surface area contributed by atoms with E-state index in [9.17, 15) is 4.79 Å². The molecule has 0 saturated heterocycles. The summed E-state index contributed by atoms with van der Waals surface area (Å²) in [6.07, 6.45) is 6.68. The van der Waals surface area contributed by atoms with Crippen LogP contribution in [0.1, 0.15) is 15.9 Å². The lowest BCUT2D eigenvalue weighted by Crippen LogP contribution is -2.22. The van der Waals surface area contributed by atoms with Gasteiger partial charge in [0.05, 0.1) is 34.1 Å². The van der Waals surface area contributed by atoms with E-state index in [-0.39, 0.29) is 5.91 Å². The summed E-state index contributed by atoms with van der Waals surface area (Å²) in [7, 11) is 3.36. The lowest BCUT2D eigenvalue weighted by Gasteiger charge is -2.12. The van der Waals surface area contributed by atoms with Crippen LogP contribution >= 0.6 is 0 Å².